The number of rotatable bonds is 1. The standard InChI is InChI=1S/C10H12F3N/c1-6(2)9-8(10(11,12)13)5-4-7(3)14-9/h4-6H,1-3H3. The van der Waals surface area contributed by atoms with E-state index in [1.165, 1.54) is 6.07 Å². The van der Waals surface area contributed by atoms with Gasteiger partial charge in [0.25, 0.3) is 0 Å². The van der Waals surface area contributed by atoms with Crippen molar-refractivity contribution in [1.29, 1.82) is 0 Å². The number of hydrogen-bond acceptors (Lipinski definition) is 1. The smallest absolute Gasteiger partial charge is 0.257 e. The third kappa shape index (κ3) is 2.25. The zero-order valence-corrected chi connectivity index (χ0v) is 8.31. The molecule has 78 valence electrons. The number of aryl methyl sites for hydroxylation is 1. The van der Waals surface area contributed by atoms with Crippen LogP contribution in [0.3, 0.4) is 0 Å². The molecule has 0 aliphatic rings. The van der Waals surface area contributed by atoms with Crippen LogP contribution in [0.15, 0.2) is 12.1 Å². The quantitative estimate of drug-likeness (QED) is 0.680. The van der Waals surface area contributed by atoms with Gasteiger partial charge in [0.15, 0.2) is 0 Å². The highest BCUT2D eigenvalue weighted by Crippen LogP contribution is 2.34. The van der Waals surface area contributed by atoms with E-state index >= 15 is 0 Å². The average Bonchev–Trinajstić information content (AvgIpc) is 2.01. The molecule has 0 fully saturated rings. The number of alkyl halides is 3. The fourth-order valence-corrected chi connectivity index (χ4v) is 1.26. The molecule has 0 N–H and O–H groups in total. The lowest BCUT2D eigenvalue weighted by atomic mass is 10.0. The molecular formula is C10H12F3N. The molecule has 1 heterocycles. The molecule has 0 unspecified atom stereocenters. The summed E-state index contributed by atoms with van der Waals surface area (Å²) < 4.78 is 37.5. The van der Waals surface area contributed by atoms with Crippen LogP contribution in [0, 0.1) is 6.92 Å². The Morgan fingerprint density at radius 3 is 2.21 bits per heavy atom. The van der Waals surface area contributed by atoms with Crippen LogP contribution in [-0.4, -0.2) is 4.98 Å². The highest BCUT2D eigenvalue weighted by Gasteiger charge is 2.34. The molecule has 0 saturated carbocycles. The maximum absolute atomic E-state index is 12.5. The number of aromatic nitrogens is 1. The van der Waals surface area contributed by atoms with Crippen LogP contribution >= 0.6 is 0 Å². The van der Waals surface area contributed by atoms with Gasteiger partial charge in [0.1, 0.15) is 0 Å². The summed E-state index contributed by atoms with van der Waals surface area (Å²) in [6.07, 6.45) is -4.31. The molecule has 0 aromatic carbocycles. The minimum Gasteiger partial charge on any atom is -0.257 e. The van der Waals surface area contributed by atoms with E-state index in [-0.39, 0.29) is 11.6 Å². The summed E-state index contributed by atoms with van der Waals surface area (Å²) in [5.41, 5.74) is 0.109. The number of pyridine rings is 1. The summed E-state index contributed by atoms with van der Waals surface area (Å²) in [4.78, 5) is 3.92. The van der Waals surface area contributed by atoms with Gasteiger partial charge in [-0.3, -0.25) is 4.98 Å². The van der Waals surface area contributed by atoms with Crippen LogP contribution in [-0.2, 0) is 6.18 Å². The Hall–Kier alpha value is -1.06. The molecule has 1 aromatic rings. The Balaban J connectivity index is 3.29. The Bertz CT molecular complexity index is 329. The first-order chi connectivity index (χ1) is 6.32. The van der Waals surface area contributed by atoms with E-state index in [1.54, 1.807) is 20.8 Å². The van der Waals surface area contributed by atoms with Gasteiger partial charge in [0.05, 0.1) is 11.3 Å². The van der Waals surface area contributed by atoms with E-state index in [0.717, 1.165) is 6.07 Å². The maximum Gasteiger partial charge on any atom is 0.418 e. The van der Waals surface area contributed by atoms with Gasteiger partial charge < -0.3 is 0 Å². The summed E-state index contributed by atoms with van der Waals surface area (Å²) >= 11 is 0. The van der Waals surface area contributed by atoms with Crippen molar-refractivity contribution in [3.63, 3.8) is 0 Å². The number of hydrogen-bond donors (Lipinski definition) is 0. The Kier molecular flexibility index (Phi) is 2.83. The summed E-state index contributed by atoms with van der Waals surface area (Å²) in [5.74, 6) is -0.216. The molecule has 0 saturated heterocycles. The first-order valence-electron chi connectivity index (χ1n) is 4.37. The van der Waals surface area contributed by atoms with Crippen molar-refractivity contribution >= 4 is 0 Å². The second-order valence-electron chi connectivity index (χ2n) is 3.54. The first kappa shape index (κ1) is 11.0. The summed E-state index contributed by atoms with van der Waals surface area (Å²) in [5, 5.41) is 0. The molecule has 0 aliphatic heterocycles. The molecule has 0 amide bonds. The molecule has 4 heteroatoms. The van der Waals surface area contributed by atoms with Crippen LogP contribution in [0.2, 0.25) is 0 Å². The van der Waals surface area contributed by atoms with Gasteiger partial charge in [-0.25, -0.2) is 0 Å². The number of nitrogens with zero attached hydrogens (tertiary/aromatic N) is 1. The molecule has 0 radical (unpaired) electrons. The molecule has 1 aromatic heterocycles. The Labute approximate surface area is 81.0 Å². The van der Waals surface area contributed by atoms with Crippen LogP contribution in [0.25, 0.3) is 0 Å². The molecule has 14 heavy (non-hydrogen) atoms. The molecule has 0 spiro atoms. The third-order valence-electron chi connectivity index (χ3n) is 1.92. The Morgan fingerprint density at radius 2 is 1.79 bits per heavy atom. The summed E-state index contributed by atoms with van der Waals surface area (Å²) in [7, 11) is 0. The van der Waals surface area contributed by atoms with Gasteiger partial charge in [-0.2, -0.15) is 13.2 Å². The van der Waals surface area contributed by atoms with Crippen molar-refractivity contribution in [2.24, 2.45) is 0 Å². The van der Waals surface area contributed by atoms with Gasteiger partial charge >= 0.3 is 6.18 Å². The van der Waals surface area contributed by atoms with E-state index in [4.69, 9.17) is 0 Å². The van der Waals surface area contributed by atoms with Crippen molar-refractivity contribution in [2.45, 2.75) is 32.9 Å². The lowest BCUT2D eigenvalue weighted by Gasteiger charge is -2.14. The molecule has 1 rings (SSSR count). The average molecular weight is 203 g/mol. The summed E-state index contributed by atoms with van der Waals surface area (Å²) in [6, 6.07) is 2.48. The highest BCUT2D eigenvalue weighted by atomic mass is 19.4. The predicted molar refractivity (Wildman–Crippen MR) is 48.1 cm³/mol. The SMILES string of the molecule is Cc1ccc(C(F)(F)F)c(C(C)C)n1. The zero-order chi connectivity index (χ0) is 10.9. The highest BCUT2D eigenvalue weighted by molar-refractivity contribution is 5.27. The first-order valence-corrected chi connectivity index (χ1v) is 4.37. The van der Waals surface area contributed by atoms with Gasteiger partial charge in [-0.05, 0) is 25.0 Å². The lowest BCUT2D eigenvalue weighted by Crippen LogP contribution is -2.12. The molecule has 0 aliphatic carbocycles. The summed E-state index contributed by atoms with van der Waals surface area (Å²) in [6.45, 7) is 5.10. The largest absolute Gasteiger partial charge is 0.418 e. The molecule has 1 nitrogen and oxygen atoms in total. The topological polar surface area (TPSA) is 12.9 Å². The van der Waals surface area contributed by atoms with Crippen LogP contribution in [0.1, 0.15) is 36.7 Å². The monoisotopic (exact) mass is 203 g/mol. The maximum atomic E-state index is 12.5. The zero-order valence-electron chi connectivity index (χ0n) is 8.31. The normalized spacial score (nSPS) is 12.2. The van der Waals surface area contributed by atoms with E-state index in [1.807, 2.05) is 0 Å². The molecular weight excluding hydrogens is 191 g/mol. The third-order valence-corrected chi connectivity index (χ3v) is 1.92. The minimum absolute atomic E-state index is 0.123. The van der Waals surface area contributed by atoms with E-state index in [2.05, 4.69) is 4.98 Å². The van der Waals surface area contributed by atoms with Crippen molar-refractivity contribution in [3.05, 3.63) is 29.1 Å². The van der Waals surface area contributed by atoms with Crippen LogP contribution in [0.4, 0.5) is 13.2 Å². The lowest BCUT2D eigenvalue weighted by molar-refractivity contribution is -0.138. The number of halogens is 3. The fourth-order valence-electron chi connectivity index (χ4n) is 1.26. The second-order valence-corrected chi connectivity index (χ2v) is 3.54. The Morgan fingerprint density at radius 1 is 1.21 bits per heavy atom. The fraction of sp³-hybridized carbons (Fsp3) is 0.500. The predicted octanol–water partition coefficient (Wildman–Crippen LogP) is 3.53. The van der Waals surface area contributed by atoms with E-state index in [0.29, 0.717) is 5.69 Å². The van der Waals surface area contributed by atoms with Crippen LogP contribution < -0.4 is 0 Å². The van der Waals surface area contributed by atoms with E-state index < -0.39 is 11.7 Å². The van der Waals surface area contributed by atoms with Gasteiger partial charge in [-0.1, -0.05) is 13.8 Å². The van der Waals surface area contributed by atoms with Gasteiger partial charge in [0, 0.05) is 5.69 Å². The van der Waals surface area contributed by atoms with Crippen LogP contribution in [0.5, 0.6) is 0 Å². The minimum atomic E-state index is -4.31. The van der Waals surface area contributed by atoms with Crippen molar-refractivity contribution in [3.8, 4) is 0 Å². The van der Waals surface area contributed by atoms with E-state index in [9.17, 15) is 13.2 Å². The van der Waals surface area contributed by atoms with Crippen molar-refractivity contribution in [1.82, 2.24) is 4.98 Å². The van der Waals surface area contributed by atoms with Crippen molar-refractivity contribution in [2.75, 3.05) is 0 Å². The van der Waals surface area contributed by atoms with Crippen molar-refractivity contribution < 1.29 is 13.2 Å². The molecule has 0 bridgehead atoms. The second kappa shape index (κ2) is 3.59. The van der Waals surface area contributed by atoms with Gasteiger partial charge in [-0.15, -0.1) is 0 Å². The van der Waals surface area contributed by atoms with Gasteiger partial charge in [0.2, 0.25) is 0 Å². The molecule has 0 atom stereocenters.